The molecular weight excluding hydrogens is 409 g/mol. The van der Waals surface area contributed by atoms with Crippen LogP contribution >= 0.6 is 0 Å². The summed E-state index contributed by atoms with van der Waals surface area (Å²) in [6.45, 7) is 3.72. The molecule has 1 atom stereocenters. The van der Waals surface area contributed by atoms with E-state index < -0.39 is 23.5 Å². The molecule has 1 aliphatic heterocycles. The first-order valence-electron chi connectivity index (χ1n) is 10.2. The van der Waals surface area contributed by atoms with Crippen molar-refractivity contribution in [1.82, 2.24) is 4.90 Å². The van der Waals surface area contributed by atoms with Crippen LogP contribution in [0.1, 0.15) is 33.9 Å². The highest BCUT2D eigenvalue weighted by molar-refractivity contribution is 6.46. The number of hydrogen-bond acceptors (Lipinski definition) is 4. The van der Waals surface area contributed by atoms with Gasteiger partial charge in [-0.2, -0.15) is 0 Å². The molecule has 0 spiro atoms. The SMILES string of the molecule is Cc1ccc(C)c(/C(O)=C2\C(=O)C(=O)N(Cc3ccc(F)cc3)C2c2cccc(O)c2)c1. The third kappa shape index (κ3) is 3.87. The van der Waals surface area contributed by atoms with Gasteiger partial charge in [-0.15, -0.1) is 0 Å². The van der Waals surface area contributed by atoms with E-state index in [1.54, 1.807) is 30.3 Å². The number of nitrogens with zero attached hydrogens (tertiary/aromatic N) is 1. The van der Waals surface area contributed by atoms with Crippen molar-refractivity contribution < 1.29 is 24.2 Å². The summed E-state index contributed by atoms with van der Waals surface area (Å²) in [5.74, 6) is -2.27. The van der Waals surface area contributed by atoms with Crippen LogP contribution in [0.4, 0.5) is 4.39 Å². The van der Waals surface area contributed by atoms with Crippen LogP contribution in [0.15, 0.2) is 72.3 Å². The molecule has 0 aromatic heterocycles. The minimum Gasteiger partial charge on any atom is -0.508 e. The summed E-state index contributed by atoms with van der Waals surface area (Å²) in [4.78, 5) is 27.5. The molecule has 3 aromatic carbocycles. The quantitative estimate of drug-likeness (QED) is 0.354. The highest BCUT2D eigenvalue weighted by Gasteiger charge is 2.46. The number of carbonyl (C=O) groups is 2. The van der Waals surface area contributed by atoms with Crippen LogP contribution in [-0.4, -0.2) is 26.8 Å². The van der Waals surface area contributed by atoms with Gasteiger partial charge in [0.2, 0.25) is 0 Å². The third-order valence-electron chi connectivity index (χ3n) is 5.64. The van der Waals surface area contributed by atoms with E-state index in [1.807, 2.05) is 26.0 Å². The summed E-state index contributed by atoms with van der Waals surface area (Å²) >= 11 is 0. The number of carbonyl (C=O) groups excluding carboxylic acids is 2. The number of benzene rings is 3. The Bertz CT molecular complexity index is 1250. The van der Waals surface area contributed by atoms with Crippen molar-refractivity contribution in [2.24, 2.45) is 0 Å². The van der Waals surface area contributed by atoms with Gasteiger partial charge < -0.3 is 15.1 Å². The lowest BCUT2D eigenvalue weighted by Gasteiger charge is -2.25. The second-order valence-electron chi connectivity index (χ2n) is 7.97. The number of amides is 1. The zero-order valence-electron chi connectivity index (χ0n) is 17.7. The van der Waals surface area contributed by atoms with Gasteiger partial charge in [-0.1, -0.05) is 42.0 Å². The van der Waals surface area contributed by atoms with E-state index in [-0.39, 0.29) is 23.6 Å². The van der Waals surface area contributed by atoms with Crippen LogP contribution in [0.5, 0.6) is 5.75 Å². The molecule has 1 fully saturated rings. The van der Waals surface area contributed by atoms with Gasteiger partial charge >= 0.3 is 0 Å². The van der Waals surface area contributed by atoms with Crippen molar-refractivity contribution >= 4 is 17.4 Å². The molecule has 32 heavy (non-hydrogen) atoms. The Kier molecular flexibility index (Phi) is 5.53. The fraction of sp³-hybridized carbons (Fsp3) is 0.154. The summed E-state index contributed by atoms with van der Waals surface area (Å²) in [5, 5.41) is 21.2. The maximum atomic E-state index is 13.3. The first-order valence-corrected chi connectivity index (χ1v) is 10.2. The van der Waals surface area contributed by atoms with Crippen LogP contribution < -0.4 is 0 Å². The van der Waals surface area contributed by atoms with Crippen molar-refractivity contribution in [2.75, 3.05) is 0 Å². The Labute approximate surface area is 185 Å². The molecule has 1 heterocycles. The predicted molar refractivity (Wildman–Crippen MR) is 118 cm³/mol. The molecule has 0 bridgehead atoms. The topological polar surface area (TPSA) is 77.8 Å². The number of aromatic hydroxyl groups is 1. The van der Waals surface area contributed by atoms with Crippen molar-refractivity contribution in [3.8, 4) is 5.75 Å². The van der Waals surface area contributed by atoms with E-state index in [0.29, 0.717) is 16.7 Å². The molecule has 0 saturated carbocycles. The normalized spacial score (nSPS) is 17.7. The second kappa shape index (κ2) is 8.30. The standard InChI is InChI=1S/C26H22FNO4/c1-15-6-7-16(2)21(12-15)24(30)22-23(18-4-3-5-20(29)13-18)28(26(32)25(22)31)14-17-8-10-19(27)11-9-17/h3-13,23,29-30H,14H2,1-2H3/b24-22+. The Balaban J connectivity index is 1.89. The molecule has 6 heteroatoms. The monoisotopic (exact) mass is 431 g/mol. The first kappa shape index (κ1) is 21.3. The Hall–Kier alpha value is -3.93. The van der Waals surface area contributed by atoms with Gasteiger partial charge in [0.25, 0.3) is 11.7 Å². The van der Waals surface area contributed by atoms with Crippen LogP contribution in [0, 0.1) is 19.7 Å². The molecule has 2 N–H and O–H groups in total. The van der Waals surface area contributed by atoms with Gasteiger partial charge in [0.1, 0.15) is 17.3 Å². The van der Waals surface area contributed by atoms with E-state index in [1.165, 1.54) is 29.2 Å². The maximum Gasteiger partial charge on any atom is 0.295 e. The minimum absolute atomic E-state index is 0.0263. The van der Waals surface area contributed by atoms with E-state index in [0.717, 1.165) is 11.1 Å². The Morgan fingerprint density at radius 2 is 1.72 bits per heavy atom. The second-order valence-corrected chi connectivity index (χ2v) is 7.97. The van der Waals surface area contributed by atoms with Gasteiger partial charge in [-0.3, -0.25) is 9.59 Å². The smallest absolute Gasteiger partial charge is 0.295 e. The van der Waals surface area contributed by atoms with E-state index in [9.17, 15) is 24.2 Å². The van der Waals surface area contributed by atoms with Crippen LogP contribution in [0.25, 0.3) is 5.76 Å². The number of halogens is 1. The Morgan fingerprint density at radius 3 is 2.41 bits per heavy atom. The number of aliphatic hydroxyl groups excluding tert-OH is 1. The molecule has 3 aromatic rings. The van der Waals surface area contributed by atoms with Gasteiger partial charge in [0.15, 0.2) is 0 Å². The van der Waals surface area contributed by atoms with E-state index in [2.05, 4.69) is 0 Å². The zero-order valence-corrected chi connectivity index (χ0v) is 17.7. The van der Waals surface area contributed by atoms with Crippen molar-refractivity contribution in [3.05, 3.63) is 106 Å². The molecule has 1 saturated heterocycles. The van der Waals surface area contributed by atoms with Crippen molar-refractivity contribution in [1.29, 1.82) is 0 Å². The lowest BCUT2D eigenvalue weighted by molar-refractivity contribution is -0.140. The average molecular weight is 431 g/mol. The molecule has 162 valence electrons. The lowest BCUT2D eigenvalue weighted by Crippen LogP contribution is -2.29. The molecule has 5 nitrogen and oxygen atoms in total. The van der Waals surface area contributed by atoms with Gasteiger partial charge in [-0.25, -0.2) is 4.39 Å². The minimum atomic E-state index is -0.910. The summed E-state index contributed by atoms with van der Waals surface area (Å²) in [6, 6.07) is 16.5. The molecule has 1 amide bonds. The summed E-state index contributed by atoms with van der Waals surface area (Å²) < 4.78 is 13.3. The summed E-state index contributed by atoms with van der Waals surface area (Å²) in [5.41, 5.74) is 3.19. The molecular formula is C26H22FNO4. The zero-order chi connectivity index (χ0) is 23.0. The molecule has 1 unspecified atom stereocenters. The van der Waals surface area contributed by atoms with Crippen molar-refractivity contribution in [3.63, 3.8) is 0 Å². The molecule has 0 aliphatic carbocycles. The van der Waals surface area contributed by atoms with Crippen LogP contribution in [0.2, 0.25) is 0 Å². The fourth-order valence-corrected chi connectivity index (χ4v) is 4.01. The van der Waals surface area contributed by atoms with E-state index >= 15 is 0 Å². The van der Waals surface area contributed by atoms with Crippen molar-refractivity contribution in [2.45, 2.75) is 26.4 Å². The highest BCUT2D eigenvalue weighted by atomic mass is 19.1. The predicted octanol–water partition coefficient (Wildman–Crippen LogP) is 4.77. The number of aryl methyl sites for hydroxylation is 2. The highest BCUT2D eigenvalue weighted by Crippen LogP contribution is 2.41. The number of phenols is 1. The average Bonchev–Trinajstić information content (AvgIpc) is 3.01. The number of ketones is 1. The van der Waals surface area contributed by atoms with Crippen LogP contribution in [-0.2, 0) is 16.1 Å². The van der Waals surface area contributed by atoms with Gasteiger partial charge in [-0.05, 0) is 60.9 Å². The van der Waals surface area contributed by atoms with E-state index in [4.69, 9.17) is 0 Å². The maximum absolute atomic E-state index is 13.3. The van der Waals surface area contributed by atoms with Crippen LogP contribution in [0.3, 0.4) is 0 Å². The number of likely N-dealkylation sites (tertiary alicyclic amines) is 1. The lowest BCUT2D eigenvalue weighted by atomic mass is 9.93. The number of aliphatic hydroxyl groups is 1. The summed E-state index contributed by atoms with van der Waals surface area (Å²) in [6.07, 6.45) is 0. The number of Topliss-reactive ketones (excluding diaryl/α,β-unsaturated/α-hetero) is 1. The van der Waals surface area contributed by atoms with Gasteiger partial charge in [0, 0.05) is 12.1 Å². The fourth-order valence-electron chi connectivity index (χ4n) is 4.01. The number of rotatable bonds is 4. The molecule has 4 rings (SSSR count). The third-order valence-corrected chi connectivity index (χ3v) is 5.64. The Morgan fingerprint density at radius 1 is 1.00 bits per heavy atom. The number of phenolic OH excluding ortho intramolecular Hbond substituents is 1. The first-order chi connectivity index (χ1) is 15.3. The van der Waals surface area contributed by atoms with Gasteiger partial charge in [0.05, 0.1) is 11.6 Å². The molecule has 0 radical (unpaired) electrons. The largest absolute Gasteiger partial charge is 0.508 e. The number of hydrogen-bond donors (Lipinski definition) is 2. The molecule has 1 aliphatic rings. The summed E-state index contributed by atoms with van der Waals surface area (Å²) in [7, 11) is 0.